The Balaban J connectivity index is 1.78. The summed E-state index contributed by atoms with van der Waals surface area (Å²) in [6.45, 7) is 1.74. The monoisotopic (exact) mass is 337 g/mol. The third-order valence-electron chi connectivity index (χ3n) is 3.83. The van der Waals surface area contributed by atoms with Crippen LogP contribution in [0, 0.1) is 6.92 Å². The van der Waals surface area contributed by atoms with Crippen molar-refractivity contribution < 1.29 is 14.4 Å². The van der Waals surface area contributed by atoms with Crippen LogP contribution in [0.3, 0.4) is 0 Å². The molecule has 0 unspecified atom stereocenters. The predicted molar refractivity (Wildman–Crippen MR) is 91.5 cm³/mol. The standard InChI is InChI=1S/C19H19N3O3/c1-13-20-17(25-22-13)12-16(14-8-4-2-5-9-14)21-19(24)18(23)15-10-6-3-7-11-15/h2-11,16,18,23H,12H2,1H3,(H,21,24)/t16-,18-/m1/s1. The minimum absolute atomic E-state index is 0.345. The Morgan fingerprint density at radius 3 is 2.24 bits per heavy atom. The van der Waals surface area contributed by atoms with Crippen LogP contribution in [0.15, 0.2) is 65.2 Å². The third kappa shape index (κ3) is 4.30. The Labute approximate surface area is 145 Å². The highest BCUT2D eigenvalue weighted by Crippen LogP contribution is 2.20. The predicted octanol–water partition coefficient (Wildman–Crippen LogP) is 2.51. The van der Waals surface area contributed by atoms with Crippen molar-refractivity contribution in [3.8, 4) is 0 Å². The van der Waals surface area contributed by atoms with E-state index in [2.05, 4.69) is 15.5 Å². The summed E-state index contributed by atoms with van der Waals surface area (Å²) in [5.41, 5.74) is 1.44. The van der Waals surface area contributed by atoms with Gasteiger partial charge in [0.25, 0.3) is 5.91 Å². The Kier molecular flexibility index (Phi) is 5.20. The van der Waals surface area contributed by atoms with Crippen molar-refractivity contribution in [1.82, 2.24) is 15.5 Å². The molecular weight excluding hydrogens is 318 g/mol. The number of aliphatic hydroxyl groups is 1. The van der Waals surface area contributed by atoms with Crippen LogP contribution in [-0.4, -0.2) is 21.2 Å². The number of hydrogen-bond donors (Lipinski definition) is 2. The number of aliphatic hydroxyl groups excluding tert-OH is 1. The minimum Gasteiger partial charge on any atom is -0.378 e. The maximum atomic E-state index is 12.5. The van der Waals surface area contributed by atoms with Crippen LogP contribution in [-0.2, 0) is 11.2 Å². The lowest BCUT2D eigenvalue weighted by Gasteiger charge is -2.20. The van der Waals surface area contributed by atoms with Crippen LogP contribution in [0.5, 0.6) is 0 Å². The summed E-state index contributed by atoms with van der Waals surface area (Å²) < 4.78 is 5.17. The van der Waals surface area contributed by atoms with E-state index in [0.29, 0.717) is 23.7 Å². The lowest BCUT2D eigenvalue weighted by Crippen LogP contribution is -2.34. The van der Waals surface area contributed by atoms with E-state index in [1.165, 1.54) is 0 Å². The smallest absolute Gasteiger partial charge is 0.253 e. The van der Waals surface area contributed by atoms with E-state index in [0.717, 1.165) is 5.56 Å². The number of rotatable bonds is 6. The second kappa shape index (κ2) is 7.72. The number of amides is 1. The first-order valence-electron chi connectivity index (χ1n) is 8.01. The summed E-state index contributed by atoms with van der Waals surface area (Å²) in [6.07, 6.45) is -0.894. The normalized spacial score (nSPS) is 13.2. The van der Waals surface area contributed by atoms with Gasteiger partial charge in [0.05, 0.1) is 12.5 Å². The molecule has 0 saturated carbocycles. The molecule has 6 nitrogen and oxygen atoms in total. The molecule has 0 spiro atoms. The first-order chi connectivity index (χ1) is 12.1. The van der Waals surface area contributed by atoms with E-state index < -0.39 is 12.0 Å². The maximum Gasteiger partial charge on any atom is 0.253 e. The summed E-state index contributed by atoms with van der Waals surface area (Å²) >= 11 is 0. The Morgan fingerprint density at radius 2 is 1.68 bits per heavy atom. The van der Waals surface area contributed by atoms with Gasteiger partial charge < -0.3 is 14.9 Å². The topological polar surface area (TPSA) is 88.2 Å². The molecule has 0 bridgehead atoms. The summed E-state index contributed by atoms with van der Waals surface area (Å²) in [5, 5.41) is 16.9. The average molecular weight is 337 g/mol. The van der Waals surface area contributed by atoms with Gasteiger partial charge in [0.1, 0.15) is 0 Å². The molecular formula is C19H19N3O3. The molecule has 1 amide bonds. The fourth-order valence-corrected chi connectivity index (χ4v) is 2.57. The fourth-order valence-electron chi connectivity index (χ4n) is 2.57. The molecule has 6 heteroatoms. The van der Waals surface area contributed by atoms with Gasteiger partial charge in [-0.25, -0.2) is 0 Å². The van der Waals surface area contributed by atoms with Crippen molar-refractivity contribution in [1.29, 1.82) is 0 Å². The summed E-state index contributed by atoms with van der Waals surface area (Å²) in [5.74, 6) is 0.495. The Morgan fingerprint density at radius 1 is 1.08 bits per heavy atom. The SMILES string of the molecule is Cc1noc(C[C@@H](NC(=O)[C@H](O)c2ccccc2)c2ccccc2)n1. The van der Waals surface area contributed by atoms with Crippen molar-refractivity contribution in [2.24, 2.45) is 0 Å². The number of carbonyl (C=O) groups excluding carboxylic acids is 1. The van der Waals surface area contributed by atoms with Crippen LogP contribution >= 0.6 is 0 Å². The molecule has 0 aliphatic heterocycles. The molecule has 0 saturated heterocycles. The third-order valence-corrected chi connectivity index (χ3v) is 3.83. The number of benzene rings is 2. The van der Waals surface area contributed by atoms with Crippen LogP contribution in [0.2, 0.25) is 0 Å². The number of aromatic nitrogens is 2. The highest BCUT2D eigenvalue weighted by atomic mass is 16.5. The molecule has 2 atom stereocenters. The summed E-state index contributed by atoms with van der Waals surface area (Å²) in [6, 6.07) is 17.9. The molecule has 0 aliphatic rings. The maximum absolute atomic E-state index is 12.5. The molecule has 0 fully saturated rings. The van der Waals surface area contributed by atoms with E-state index >= 15 is 0 Å². The van der Waals surface area contributed by atoms with Gasteiger partial charge >= 0.3 is 0 Å². The zero-order valence-corrected chi connectivity index (χ0v) is 13.8. The van der Waals surface area contributed by atoms with Crippen molar-refractivity contribution >= 4 is 5.91 Å². The average Bonchev–Trinajstić information content (AvgIpc) is 3.06. The fraction of sp³-hybridized carbons (Fsp3) is 0.211. The van der Waals surface area contributed by atoms with Crippen LogP contribution < -0.4 is 5.32 Å². The molecule has 2 N–H and O–H groups in total. The van der Waals surface area contributed by atoms with Crippen LogP contribution in [0.25, 0.3) is 0 Å². The lowest BCUT2D eigenvalue weighted by molar-refractivity contribution is -0.130. The van der Waals surface area contributed by atoms with E-state index in [-0.39, 0.29) is 6.04 Å². The number of nitrogens with zero attached hydrogens (tertiary/aromatic N) is 2. The minimum atomic E-state index is -1.24. The van der Waals surface area contributed by atoms with Crippen LogP contribution in [0.1, 0.15) is 35.0 Å². The van der Waals surface area contributed by atoms with E-state index in [9.17, 15) is 9.90 Å². The molecule has 2 aromatic carbocycles. The van der Waals surface area contributed by atoms with E-state index in [1.54, 1.807) is 31.2 Å². The molecule has 3 aromatic rings. The van der Waals surface area contributed by atoms with Gasteiger partial charge in [-0.15, -0.1) is 0 Å². The Hall–Kier alpha value is -2.99. The summed E-state index contributed by atoms with van der Waals surface area (Å²) in [7, 11) is 0. The van der Waals surface area contributed by atoms with Gasteiger partial charge in [-0.2, -0.15) is 4.98 Å². The first kappa shape index (κ1) is 16.9. The van der Waals surface area contributed by atoms with E-state index in [4.69, 9.17) is 4.52 Å². The van der Waals surface area contributed by atoms with Gasteiger partial charge in [-0.1, -0.05) is 65.8 Å². The van der Waals surface area contributed by atoms with Gasteiger partial charge in [0.15, 0.2) is 11.9 Å². The number of carbonyl (C=O) groups is 1. The number of aryl methyl sites for hydroxylation is 1. The Bertz CT molecular complexity index is 818. The van der Waals surface area contributed by atoms with Crippen molar-refractivity contribution in [2.75, 3.05) is 0 Å². The van der Waals surface area contributed by atoms with E-state index in [1.807, 2.05) is 36.4 Å². The second-order valence-corrected chi connectivity index (χ2v) is 5.72. The highest BCUT2D eigenvalue weighted by Gasteiger charge is 2.23. The van der Waals surface area contributed by atoms with Crippen molar-refractivity contribution in [2.45, 2.75) is 25.5 Å². The van der Waals surface area contributed by atoms with Crippen LogP contribution in [0.4, 0.5) is 0 Å². The zero-order chi connectivity index (χ0) is 17.6. The molecule has 128 valence electrons. The zero-order valence-electron chi connectivity index (χ0n) is 13.8. The largest absolute Gasteiger partial charge is 0.378 e. The van der Waals surface area contributed by atoms with Gasteiger partial charge in [-0.05, 0) is 18.1 Å². The molecule has 0 aliphatic carbocycles. The highest BCUT2D eigenvalue weighted by molar-refractivity contribution is 5.82. The number of nitrogens with one attached hydrogen (secondary N) is 1. The quantitative estimate of drug-likeness (QED) is 0.721. The molecule has 1 aromatic heterocycles. The summed E-state index contributed by atoms with van der Waals surface area (Å²) in [4.78, 5) is 16.7. The molecule has 3 rings (SSSR count). The lowest BCUT2D eigenvalue weighted by atomic mass is 10.0. The van der Waals surface area contributed by atoms with Gasteiger partial charge in [0, 0.05) is 0 Å². The number of hydrogen-bond acceptors (Lipinski definition) is 5. The van der Waals surface area contributed by atoms with Gasteiger partial charge in [0.2, 0.25) is 5.89 Å². The van der Waals surface area contributed by atoms with Crippen molar-refractivity contribution in [3.63, 3.8) is 0 Å². The first-order valence-corrected chi connectivity index (χ1v) is 8.01. The molecule has 25 heavy (non-hydrogen) atoms. The second-order valence-electron chi connectivity index (χ2n) is 5.72. The van der Waals surface area contributed by atoms with Gasteiger partial charge in [-0.3, -0.25) is 4.79 Å². The molecule has 0 radical (unpaired) electrons. The van der Waals surface area contributed by atoms with Crippen molar-refractivity contribution in [3.05, 3.63) is 83.5 Å². The molecule has 1 heterocycles.